The minimum Gasteiger partial charge on any atom is -0.390 e. The van der Waals surface area contributed by atoms with Gasteiger partial charge in [0.25, 0.3) is 0 Å². The average molecular weight is 308 g/mol. The molecular weight excluding hydrogens is 276 g/mol. The Bertz CT molecular complexity index is 463. The highest BCUT2D eigenvalue weighted by Crippen LogP contribution is 2.16. The van der Waals surface area contributed by atoms with Crippen molar-refractivity contribution in [2.75, 3.05) is 26.2 Å². The smallest absolute Gasteiger partial charge is 0.0791 e. The largest absolute Gasteiger partial charge is 0.390 e. The zero-order valence-electron chi connectivity index (χ0n) is 14.6. The van der Waals surface area contributed by atoms with E-state index in [0.29, 0.717) is 6.54 Å². The van der Waals surface area contributed by atoms with E-state index in [9.17, 15) is 5.11 Å². The predicted octanol–water partition coefficient (Wildman–Crippen LogP) is 1.70. The van der Waals surface area contributed by atoms with Crippen molar-refractivity contribution >= 4 is 0 Å². The second kappa shape index (κ2) is 8.09. The van der Waals surface area contributed by atoms with Crippen LogP contribution in [0.2, 0.25) is 0 Å². The molecule has 0 aromatic carbocycles. The molecule has 1 aromatic heterocycles. The highest BCUT2D eigenvalue weighted by Gasteiger charge is 2.18. The molecule has 0 spiro atoms. The summed E-state index contributed by atoms with van der Waals surface area (Å²) in [7, 11) is 0. The van der Waals surface area contributed by atoms with Crippen LogP contribution >= 0.6 is 0 Å². The van der Waals surface area contributed by atoms with Crippen LogP contribution in [-0.2, 0) is 13.1 Å². The van der Waals surface area contributed by atoms with Gasteiger partial charge in [-0.15, -0.1) is 0 Å². The second-order valence-corrected chi connectivity index (χ2v) is 6.73. The molecule has 126 valence electrons. The summed E-state index contributed by atoms with van der Waals surface area (Å²) < 4.78 is 2.04. The van der Waals surface area contributed by atoms with Crippen LogP contribution in [0.3, 0.4) is 0 Å². The van der Waals surface area contributed by atoms with Crippen LogP contribution in [0.4, 0.5) is 0 Å². The summed E-state index contributed by atoms with van der Waals surface area (Å²) in [5.74, 6) is 0.840. The van der Waals surface area contributed by atoms with Crippen molar-refractivity contribution in [2.24, 2.45) is 5.92 Å². The van der Waals surface area contributed by atoms with Gasteiger partial charge in [0, 0.05) is 37.4 Å². The summed E-state index contributed by atoms with van der Waals surface area (Å²) in [6.45, 7) is 14.0. The Balaban J connectivity index is 1.73. The summed E-state index contributed by atoms with van der Waals surface area (Å²) >= 11 is 0. The molecule has 0 bridgehead atoms. The molecule has 5 heteroatoms. The van der Waals surface area contributed by atoms with E-state index in [1.54, 1.807) is 0 Å². The lowest BCUT2D eigenvalue weighted by Gasteiger charge is -2.31. The van der Waals surface area contributed by atoms with E-state index in [2.05, 4.69) is 43.0 Å². The maximum Gasteiger partial charge on any atom is 0.0791 e. The van der Waals surface area contributed by atoms with E-state index in [4.69, 9.17) is 0 Å². The third kappa shape index (κ3) is 4.54. The van der Waals surface area contributed by atoms with Crippen molar-refractivity contribution in [1.82, 2.24) is 20.0 Å². The lowest BCUT2D eigenvalue weighted by molar-refractivity contribution is 0.0906. The molecule has 2 N–H and O–H groups in total. The van der Waals surface area contributed by atoms with Gasteiger partial charge in [-0.25, -0.2) is 0 Å². The molecule has 0 saturated carbocycles. The number of nitrogens with zero attached hydrogens (tertiary/aromatic N) is 3. The lowest BCUT2D eigenvalue weighted by Crippen LogP contribution is -2.41. The zero-order valence-corrected chi connectivity index (χ0v) is 14.6. The Morgan fingerprint density at radius 2 is 2.00 bits per heavy atom. The molecule has 1 aliphatic heterocycles. The fraction of sp³-hybridized carbons (Fsp3) is 0.824. The van der Waals surface area contributed by atoms with Crippen LogP contribution in [0, 0.1) is 19.8 Å². The standard InChI is InChI=1S/C17H32N4O/c1-5-21-15(4)17(14(3)19-21)11-18-10-16(22)12-20-8-6-13(2)7-9-20/h13,16,18,22H,5-12H2,1-4H3. The normalized spacial score (nSPS) is 18.8. The zero-order chi connectivity index (χ0) is 16.1. The molecule has 2 rings (SSSR count). The third-order valence-electron chi connectivity index (χ3n) is 4.86. The number of hydrogen-bond acceptors (Lipinski definition) is 4. The molecule has 1 aromatic rings. The van der Waals surface area contributed by atoms with Gasteiger partial charge < -0.3 is 15.3 Å². The Labute approximate surface area is 134 Å². The van der Waals surface area contributed by atoms with Crippen LogP contribution in [0.5, 0.6) is 0 Å². The van der Waals surface area contributed by atoms with Crippen LogP contribution < -0.4 is 5.32 Å². The molecule has 5 nitrogen and oxygen atoms in total. The van der Waals surface area contributed by atoms with Gasteiger partial charge in [-0.3, -0.25) is 4.68 Å². The van der Waals surface area contributed by atoms with Crippen LogP contribution in [-0.4, -0.2) is 52.1 Å². The van der Waals surface area contributed by atoms with Crippen molar-refractivity contribution < 1.29 is 5.11 Å². The molecule has 22 heavy (non-hydrogen) atoms. The monoisotopic (exact) mass is 308 g/mol. The summed E-state index contributed by atoms with van der Waals surface area (Å²) in [5.41, 5.74) is 3.58. The van der Waals surface area contributed by atoms with Gasteiger partial charge >= 0.3 is 0 Å². The number of rotatable bonds is 7. The van der Waals surface area contributed by atoms with Gasteiger partial charge in [-0.05, 0) is 52.6 Å². The van der Waals surface area contributed by atoms with Crippen LogP contribution in [0.15, 0.2) is 0 Å². The van der Waals surface area contributed by atoms with E-state index in [0.717, 1.165) is 44.3 Å². The number of piperidine rings is 1. The molecule has 1 fully saturated rings. The van der Waals surface area contributed by atoms with Crippen molar-refractivity contribution in [3.05, 3.63) is 17.0 Å². The Morgan fingerprint density at radius 3 is 2.59 bits per heavy atom. The molecular formula is C17H32N4O. The van der Waals surface area contributed by atoms with Crippen LogP contribution in [0.25, 0.3) is 0 Å². The topological polar surface area (TPSA) is 53.3 Å². The van der Waals surface area contributed by atoms with Crippen molar-refractivity contribution in [3.63, 3.8) is 0 Å². The number of aromatic nitrogens is 2. The quantitative estimate of drug-likeness (QED) is 0.805. The first-order valence-corrected chi connectivity index (χ1v) is 8.65. The predicted molar refractivity (Wildman–Crippen MR) is 89.9 cm³/mol. The van der Waals surface area contributed by atoms with E-state index in [1.165, 1.54) is 24.1 Å². The molecule has 0 radical (unpaired) electrons. The molecule has 0 aliphatic carbocycles. The Morgan fingerprint density at radius 1 is 1.32 bits per heavy atom. The molecule has 0 amide bonds. The van der Waals surface area contributed by atoms with Gasteiger partial charge in [-0.2, -0.15) is 5.10 Å². The SMILES string of the molecule is CCn1nc(C)c(CNCC(O)CN2CCC(C)CC2)c1C. The number of aliphatic hydroxyl groups excluding tert-OH is 1. The van der Waals surface area contributed by atoms with Gasteiger partial charge in [-0.1, -0.05) is 6.92 Å². The minimum atomic E-state index is -0.296. The van der Waals surface area contributed by atoms with E-state index in [1.807, 2.05) is 4.68 Å². The summed E-state index contributed by atoms with van der Waals surface area (Å²) in [6, 6.07) is 0. The number of likely N-dealkylation sites (tertiary alicyclic amines) is 1. The molecule has 1 atom stereocenters. The lowest BCUT2D eigenvalue weighted by atomic mass is 9.99. The third-order valence-corrected chi connectivity index (χ3v) is 4.86. The fourth-order valence-corrected chi connectivity index (χ4v) is 3.27. The Kier molecular flexibility index (Phi) is 6.41. The van der Waals surface area contributed by atoms with Crippen molar-refractivity contribution in [2.45, 2.75) is 59.7 Å². The van der Waals surface area contributed by atoms with Crippen LogP contribution in [0.1, 0.15) is 43.6 Å². The molecule has 2 heterocycles. The average Bonchev–Trinajstić information content (AvgIpc) is 2.77. The second-order valence-electron chi connectivity index (χ2n) is 6.73. The van der Waals surface area contributed by atoms with Crippen molar-refractivity contribution in [1.29, 1.82) is 0 Å². The van der Waals surface area contributed by atoms with Gasteiger partial charge in [0.2, 0.25) is 0 Å². The van der Waals surface area contributed by atoms with E-state index >= 15 is 0 Å². The van der Waals surface area contributed by atoms with Crippen molar-refractivity contribution in [3.8, 4) is 0 Å². The first-order valence-electron chi connectivity index (χ1n) is 8.65. The van der Waals surface area contributed by atoms with E-state index < -0.39 is 0 Å². The Hall–Kier alpha value is -0.910. The number of aliphatic hydroxyl groups is 1. The number of hydrogen-bond donors (Lipinski definition) is 2. The molecule has 1 aliphatic rings. The van der Waals surface area contributed by atoms with Gasteiger partial charge in [0.15, 0.2) is 0 Å². The molecule has 1 unspecified atom stereocenters. The first kappa shape index (κ1) is 17.4. The van der Waals surface area contributed by atoms with Gasteiger partial charge in [0.1, 0.15) is 0 Å². The van der Waals surface area contributed by atoms with E-state index in [-0.39, 0.29) is 6.10 Å². The molecule has 1 saturated heterocycles. The fourth-order valence-electron chi connectivity index (χ4n) is 3.27. The maximum atomic E-state index is 10.2. The first-order chi connectivity index (χ1) is 10.5. The number of β-amino-alcohol motifs (C(OH)–C–C–N with tert-alkyl or cyclic N) is 1. The summed E-state index contributed by atoms with van der Waals surface area (Å²) in [6.07, 6.45) is 2.22. The maximum absolute atomic E-state index is 10.2. The number of aryl methyl sites for hydroxylation is 2. The highest BCUT2D eigenvalue weighted by atomic mass is 16.3. The minimum absolute atomic E-state index is 0.296. The highest BCUT2D eigenvalue weighted by molar-refractivity contribution is 5.24. The number of nitrogens with one attached hydrogen (secondary N) is 1. The summed E-state index contributed by atoms with van der Waals surface area (Å²) in [5, 5.41) is 18.1. The summed E-state index contributed by atoms with van der Waals surface area (Å²) in [4.78, 5) is 2.39. The van der Waals surface area contributed by atoms with Gasteiger partial charge in [0.05, 0.1) is 11.8 Å².